The summed E-state index contributed by atoms with van der Waals surface area (Å²) in [5, 5.41) is 0. The van der Waals surface area contributed by atoms with Crippen LogP contribution in [0.15, 0.2) is 36.7 Å². The molecule has 0 aliphatic carbocycles. The number of aryl methyl sites for hydroxylation is 1. The summed E-state index contributed by atoms with van der Waals surface area (Å²) in [7, 11) is 1.65. The molecule has 0 bridgehead atoms. The highest BCUT2D eigenvalue weighted by atomic mass is 16.5. The van der Waals surface area contributed by atoms with E-state index < -0.39 is 0 Å². The fraction of sp³-hybridized carbons (Fsp3) is 0.389. The van der Waals surface area contributed by atoms with Crippen LogP contribution in [0.4, 0.5) is 5.95 Å². The molecule has 1 aromatic carbocycles. The van der Waals surface area contributed by atoms with Crippen molar-refractivity contribution in [2.24, 2.45) is 0 Å². The number of hydrogen-bond donors (Lipinski definition) is 0. The Balaban J connectivity index is 1.63. The molecule has 3 rings (SSSR count). The van der Waals surface area contributed by atoms with Crippen LogP contribution in [0.3, 0.4) is 0 Å². The Morgan fingerprint density at radius 2 is 1.96 bits per heavy atom. The van der Waals surface area contributed by atoms with Gasteiger partial charge in [-0.2, -0.15) is 0 Å². The number of carbonyl (C=O) groups is 1. The second-order valence-electron chi connectivity index (χ2n) is 5.83. The fourth-order valence-corrected chi connectivity index (χ4v) is 2.73. The molecule has 1 fully saturated rings. The summed E-state index contributed by atoms with van der Waals surface area (Å²) in [4.78, 5) is 25.0. The minimum absolute atomic E-state index is 0.0900. The first-order valence-corrected chi connectivity index (χ1v) is 8.16. The number of aromatic nitrogens is 2. The summed E-state index contributed by atoms with van der Waals surface area (Å²) in [6.07, 6.45) is 4.57. The summed E-state index contributed by atoms with van der Waals surface area (Å²) >= 11 is 0. The van der Waals surface area contributed by atoms with Gasteiger partial charge in [0.15, 0.2) is 0 Å². The molecule has 1 aliphatic heterocycles. The highest BCUT2D eigenvalue weighted by Gasteiger charge is 2.25. The topological polar surface area (TPSA) is 58.6 Å². The zero-order valence-corrected chi connectivity index (χ0v) is 14.1. The number of rotatable bonds is 5. The van der Waals surface area contributed by atoms with Crippen LogP contribution in [-0.4, -0.2) is 47.5 Å². The smallest absolute Gasteiger partial charge is 0.242 e. The van der Waals surface area contributed by atoms with Gasteiger partial charge in [0.25, 0.3) is 0 Å². The van der Waals surface area contributed by atoms with Gasteiger partial charge in [-0.25, -0.2) is 9.97 Å². The van der Waals surface area contributed by atoms with Crippen LogP contribution in [0.2, 0.25) is 0 Å². The van der Waals surface area contributed by atoms with Gasteiger partial charge in [0.2, 0.25) is 11.9 Å². The van der Waals surface area contributed by atoms with Crippen molar-refractivity contribution in [3.8, 4) is 5.75 Å². The Bertz CT molecular complexity index is 702. The fourth-order valence-electron chi connectivity index (χ4n) is 2.73. The van der Waals surface area contributed by atoms with E-state index in [2.05, 4.69) is 16.9 Å². The molecule has 1 aliphatic rings. The third-order valence-electron chi connectivity index (χ3n) is 4.21. The van der Waals surface area contributed by atoms with Crippen molar-refractivity contribution in [3.63, 3.8) is 0 Å². The standard InChI is InChI=1S/C18H22N4O2/c1-3-14-10-19-18(20-11-14)22-8-7-21(17(23)13-22)12-15-5-4-6-16(9-15)24-2/h4-6,9-11H,3,7-8,12-13H2,1-2H3. The van der Waals surface area contributed by atoms with Crippen LogP contribution >= 0.6 is 0 Å². The summed E-state index contributed by atoms with van der Waals surface area (Å²) in [5.74, 6) is 1.52. The van der Waals surface area contributed by atoms with Gasteiger partial charge in [-0.1, -0.05) is 19.1 Å². The number of hydrogen-bond acceptors (Lipinski definition) is 5. The van der Waals surface area contributed by atoms with E-state index in [9.17, 15) is 4.79 Å². The number of methoxy groups -OCH3 is 1. The molecular formula is C18H22N4O2. The van der Waals surface area contributed by atoms with Gasteiger partial charge in [0, 0.05) is 32.0 Å². The van der Waals surface area contributed by atoms with Gasteiger partial charge in [-0.3, -0.25) is 4.79 Å². The van der Waals surface area contributed by atoms with Crippen molar-refractivity contribution >= 4 is 11.9 Å². The number of amides is 1. The summed E-state index contributed by atoms with van der Waals surface area (Å²) < 4.78 is 5.24. The van der Waals surface area contributed by atoms with Gasteiger partial charge in [-0.15, -0.1) is 0 Å². The molecule has 0 unspecified atom stereocenters. The van der Waals surface area contributed by atoms with Crippen molar-refractivity contribution in [1.82, 2.24) is 14.9 Å². The van der Waals surface area contributed by atoms with Crippen molar-refractivity contribution < 1.29 is 9.53 Å². The molecule has 0 saturated carbocycles. The van der Waals surface area contributed by atoms with Crippen LogP contribution < -0.4 is 9.64 Å². The van der Waals surface area contributed by atoms with Crippen molar-refractivity contribution in [2.75, 3.05) is 31.6 Å². The van der Waals surface area contributed by atoms with Crippen LogP contribution in [0.1, 0.15) is 18.1 Å². The van der Waals surface area contributed by atoms with Crippen molar-refractivity contribution in [2.45, 2.75) is 19.9 Å². The largest absolute Gasteiger partial charge is 0.497 e. The zero-order valence-electron chi connectivity index (χ0n) is 14.1. The number of carbonyl (C=O) groups excluding carboxylic acids is 1. The first kappa shape index (κ1) is 16.2. The average molecular weight is 326 g/mol. The molecule has 6 heteroatoms. The van der Waals surface area contributed by atoms with Crippen LogP contribution in [0.25, 0.3) is 0 Å². The minimum atomic E-state index is 0.0900. The van der Waals surface area contributed by atoms with Crippen LogP contribution in [0, 0.1) is 0 Å². The van der Waals surface area contributed by atoms with Gasteiger partial charge < -0.3 is 14.5 Å². The Kier molecular flexibility index (Phi) is 4.93. The number of nitrogens with zero attached hydrogens (tertiary/aromatic N) is 4. The minimum Gasteiger partial charge on any atom is -0.497 e. The van der Waals surface area contributed by atoms with E-state index in [0.29, 0.717) is 25.6 Å². The average Bonchev–Trinajstić information content (AvgIpc) is 2.63. The molecule has 2 aromatic rings. The third-order valence-corrected chi connectivity index (χ3v) is 4.21. The lowest BCUT2D eigenvalue weighted by Gasteiger charge is -2.34. The Morgan fingerprint density at radius 3 is 2.62 bits per heavy atom. The van der Waals surface area contributed by atoms with E-state index in [1.54, 1.807) is 7.11 Å². The zero-order chi connectivity index (χ0) is 16.9. The molecule has 24 heavy (non-hydrogen) atoms. The third kappa shape index (κ3) is 3.64. The van der Waals surface area contributed by atoms with Crippen molar-refractivity contribution in [3.05, 3.63) is 47.8 Å². The van der Waals surface area contributed by atoms with Crippen LogP contribution in [-0.2, 0) is 17.8 Å². The van der Waals surface area contributed by atoms with E-state index in [1.165, 1.54) is 0 Å². The molecule has 1 amide bonds. The number of anilines is 1. The number of ether oxygens (including phenoxy) is 1. The summed E-state index contributed by atoms with van der Waals surface area (Å²) in [6.45, 7) is 4.38. The van der Waals surface area contributed by atoms with Crippen molar-refractivity contribution in [1.29, 1.82) is 0 Å². The van der Waals surface area contributed by atoms with Gasteiger partial charge >= 0.3 is 0 Å². The Hall–Kier alpha value is -2.63. The molecule has 0 spiro atoms. The number of piperazine rings is 1. The Labute approximate surface area is 142 Å². The predicted octanol–water partition coefficient (Wildman–Crippen LogP) is 1.90. The lowest BCUT2D eigenvalue weighted by Crippen LogP contribution is -2.50. The van der Waals surface area contributed by atoms with Gasteiger partial charge in [0.05, 0.1) is 7.11 Å². The van der Waals surface area contributed by atoms with E-state index in [1.807, 2.05) is 46.5 Å². The van der Waals surface area contributed by atoms with E-state index in [0.717, 1.165) is 29.8 Å². The molecule has 0 N–H and O–H groups in total. The molecule has 1 aromatic heterocycles. The molecule has 2 heterocycles. The lowest BCUT2D eigenvalue weighted by atomic mass is 10.2. The summed E-state index contributed by atoms with van der Waals surface area (Å²) in [5.41, 5.74) is 2.17. The maximum atomic E-state index is 12.5. The van der Waals surface area contributed by atoms with Crippen LogP contribution in [0.5, 0.6) is 5.75 Å². The maximum Gasteiger partial charge on any atom is 0.242 e. The first-order valence-electron chi connectivity index (χ1n) is 8.16. The monoisotopic (exact) mass is 326 g/mol. The lowest BCUT2D eigenvalue weighted by molar-refractivity contribution is -0.131. The molecular weight excluding hydrogens is 304 g/mol. The molecule has 0 radical (unpaired) electrons. The quantitative estimate of drug-likeness (QED) is 0.840. The van der Waals surface area contributed by atoms with E-state index in [4.69, 9.17) is 4.74 Å². The normalized spacial score (nSPS) is 14.8. The number of benzene rings is 1. The summed E-state index contributed by atoms with van der Waals surface area (Å²) in [6, 6.07) is 7.82. The first-order chi connectivity index (χ1) is 11.7. The Morgan fingerprint density at radius 1 is 1.17 bits per heavy atom. The second kappa shape index (κ2) is 7.29. The molecule has 126 valence electrons. The van der Waals surface area contributed by atoms with Gasteiger partial charge in [-0.05, 0) is 29.7 Å². The second-order valence-corrected chi connectivity index (χ2v) is 5.83. The maximum absolute atomic E-state index is 12.5. The molecule has 6 nitrogen and oxygen atoms in total. The molecule has 0 atom stereocenters. The molecule has 1 saturated heterocycles. The van der Waals surface area contributed by atoms with E-state index >= 15 is 0 Å². The van der Waals surface area contributed by atoms with Gasteiger partial charge in [0.1, 0.15) is 12.3 Å². The predicted molar refractivity (Wildman–Crippen MR) is 92.0 cm³/mol. The highest BCUT2D eigenvalue weighted by molar-refractivity contribution is 5.82. The van der Waals surface area contributed by atoms with E-state index in [-0.39, 0.29) is 5.91 Å². The SMILES string of the molecule is CCc1cnc(N2CCN(Cc3cccc(OC)c3)C(=O)C2)nc1. The highest BCUT2D eigenvalue weighted by Crippen LogP contribution is 2.17.